The van der Waals surface area contributed by atoms with E-state index in [1.54, 1.807) is 0 Å². The second-order valence-corrected chi connectivity index (χ2v) is 6.63. The van der Waals surface area contributed by atoms with Crippen LogP contribution in [0, 0.1) is 11.3 Å². The van der Waals surface area contributed by atoms with E-state index < -0.39 is 5.60 Å². The van der Waals surface area contributed by atoms with Gasteiger partial charge in [-0.2, -0.15) is 0 Å². The topological polar surface area (TPSA) is 99.2 Å². The first-order chi connectivity index (χ1) is 11.6. The van der Waals surface area contributed by atoms with Gasteiger partial charge >= 0.3 is 0 Å². The Morgan fingerprint density at radius 2 is 2.00 bits per heavy atom. The number of carbonyl (C=O) groups excluding carboxylic acids is 1. The first-order valence-corrected chi connectivity index (χ1v) is 8.53. The number of hydrogen-bond donors (Lipinski definition) is 4. The number of amides is 1. The molecule has 1 saturated carbocycles. The number of nitrogens with one attached hydrogen (secondary N) is 2. The maximum Gasteiger partial charge on any atom is 0.254 e. The van der Waals surface area contributed by atoms with E-state index in [1.807, 2.05) is 6.07 Å². The predicted octanol–water partition coefficient (Wildman–Crippen LogP) is 2.15. The van der Waals surface area contributed by atoms with Crippen LogP contribution in [0.2, 0.25) is 0 Å². The number of hydrogen-bond acceptors (Lipinski definition) is 4. The number of nitrogens with two attached hydrogens (primary N) is 1. The van der Waals surface area contributed by atoms with Gasteiger partial charge in [0.15, 0.2) is 0 Å². The molecule has 0 spiro atoms. The van der Waals surface area contributed by atoms with E-state index in [1.165, 1.54) is 5.56 Å². The van der Waals surface area contributed by atoms with Crippen LogP contribution in [0.4, 0.5) is 0 Å². The summed E-state index contributed by atoms with van der Waals surface area (Å²) in [6, 6.07) is 10.5. The number of aliphatic hydroxyl groups is 1. The molecule has 0 radical (unpaired) electrons. The molecule has 2 rings (SSSR count). The van der Waals surface area contributed by atoms with Crippen LogP contribution in [0.1, 0.15) is 37.7 Å². The Morgan fingerprint density at radius 3 is 2.58 bits per heavy atom. The quantitative estimate of drug-likeness (QED) is 0.455. The summed E-state index contributed by atoms with van der Waals surface area (Å²) in [6.07, 6.45) is 7.20. The van der Waals surface area contributed by atoms with Crippen molar-refractivity contribution in [1.82, 2.24) is 5.32 Å². The van der Waals surface area contributed by atoms with Crippen molar-refractivity contribution < 1.29 is 9.90 Å². The highest BCUT2D eigenvalue weighted by atomic mass is 16.3. The van der Waals surface area contributed by atoms with Gasteiger partial charge in [0.05, 0.1) is 11.2 Å². The van der Waals surface area contributed by atoms with Gasteiger partial charge in [0.1, 0.15) is 0 Å². The maximum absolute atomic E-state index is 11.7. The molecule has 1 aliphatic carbocycles. The van der Waals surface area contributed by atoms with E-state index in [0.29, 0.717) is 18.9 Å². The third-order valence-electron chi connectivity index (χ3n) is 4.88. The molecule has 1 aromatic rings. The molecule has 1 fully saturated rings. The van der Waals surface area contributed by atoms with Crippen molar-refractivity contribution in [3.63, 3.8) is 0 Å². The van der Waals surface area contributed by atoms with E-state index in [0.717, 1.165) is 44.5 Å². The third-order valence-corrected chi connectivity index (χ3v) is 4.88. The molecule has 0 bridgehead atoms. The van der Waals surface area contributed by atoms with Crippen LogP contribution >= 0.6 is 0 Å². The number of carbonyl (C=O) groups is 1. The van der Waals surface area contributed by atoms with Crippen molar-refractivity contribution in [1.29, 1.82) is 5.41 Å². The molecule has 130 valence electrons. The number of rotatable bonds is 7. The summed E-state index contributed by atoms with van der Waals surface area (Å²) in [4.78, 5) is 11.7. The third kappa shape index (κ3) is 5.20. The fourth-order valence-electron chi connectivity index (χ4n) is 3.32. The van der Waals surface area contributed by atoms with Crippen LogP contribution < -0.4 is 11.1 Å². The van der Waals surface area contributed by atoms with Gasteiger partial charge in [-0.3, -0.25) is 4.79 Å². The Balaban J connectivity index is 1.74. The van der Waals surface area contributed by atoms with E-state index in [-0.39, 0.29) is 11.5 Å². The van der Waals surface area contributed by atoms with Crippen LogP contribution in [-0.4, -0.2) is 29.4 Å². The average Bonchev–Trinajstić information content (AvgIpc) is 2.59. The number of benzene rings is 1. The van der Waals surface area contributed by atoms with E-state index in [4.69, 9.17) is 11.1 Å². The van der Waals surface area contributed by atoms with Crippen LogP contribution in [0.5, 0.6) is 0 Å². The zero-order valence-electron chi connectivity index (χ0n) is 14.0. The van der Waals surface area contributed by atoms with Gasteiger partial charge in [0, 0.05) is 19.0 Å². The average molecular weight is 329 g/mol. The highest BCUT2D eigenvalue weighted by Crippen LogP contribution is 2.35. The summed E-state index contributed by atoms with van der Waals surface area (Å²) in [5.41, 5.74) is 6.07. The zero-order chi connectivity index (χ0) is 17.4. The van der Waals surface area contributed by atoms with Gasteiger partial charge in [-0.05, 0) is 50.0 Å². The SMILES string of the molecule is N=C/C(=C\N)C(=O)NCCC1(O)CCC(Cc2ccccc2)CC1. The van der Waals surface area contributed by atoms with E-state index in [9.17, 15) is 9.90 Å². The molecule has 0 saturated heterocycles. The summed E-state index contributed by atoms with van der Waals surface area (Å²) < 4.78 is 0. The molecule has 5 heteroatoms. The van der Waals surface area contributed by atoms with Gasteiger partial charge in [-0.1, -0.05) is 30.3 Å². The first kappa shape index (κ1) is 18.2. The van der Waals surface area contributed by atoms with Crippen molar-refractivity contribution in [3.05, 3.63) is 47.7 Å². The molecule has 5 nitrogen and oxygen atoms in total. The smallest absolute Gasteiger partial charge is 0.254 e. The summed E-state index contributed by atoms with van der Waals surface area (Å²) in [5, 5.41) is 20.5. The van der Waals surface area contributed by atoms with Crippen LogP contribution in [0.15, 0.2) is 42.1 Å². The molecule has 24 heavy (non-hydrogen) atoms. The summed E-state index contributed by atoms with van der Waals surface area (Å²) >= 11 is 0. The fourth-order valence-corrected chi connectivity index (χ4v) is 3.32. The van der Waals surface area contributed by atoms with Crippen molar-refractivity contribution in [3.8, 4) is 0 Å². The maximum atomic E-state index is 11.7. The molecule has 1 aliphatic rings. The van der Waals surface area contributed by atoms with Gasteiger partial charge in [-0.15, -0.1) is 0 Å². The fraction of sp³-hybridized carbons (Fsp3) is 0.474. The van der Waals surface area contributed by atoms with Crippen molar-refractivity contribution in [2.24, 2.45) is 11.7 Å². The normalized spacial score (nSPS) is 24.4. The monoisotopic (exact) mass is 329 g/mol. The lowest BCUT2D eigenvalue weighted by Gasteiger charge is -2.36. The molecule has 1 amide bonds. The summed E-state index contributed by atoms with van der Waals surface area (Å²) in [5.74, 6) is 0.251. The molecule has 1 aromatic carbocycles. The first-order valence-electron chi connectivity index (χ1n) is 8.53. The van der Waals surface area contributed by atoms with E-state index >= 15 is 0 Å². The van der Waals surface area contributed by atoms with Gasteiger partial charge < -0.3 is 21.6 Å². The van der Waals surface area contributed by atoms with Crippen LogP contribution in [-0.2, 0) is 11.2 Å². The standard InChI is InChI=1S/C19H27N3O2/c20-13-17(14-21)18(23)22-11-10-19(24)8-6-16(7-9-19)12-15-4-2-1-3-5-15/h1-5,13-14,16,20,24H,6-12,21H2,(H,22,23)/b17-14+,20-13?. The van der Waals surface area contributed by atoms with Crippen molar-refractivity contribution in [2.75, 3.05) is 6.54 Å². The van der Waals surface area contributed by atoms with E-state index in [2.05, 4.69) is 29.6 Å². The van der Waals surface area contributed by atoms with Gasteiger partial charge in [-0.25, -0.2) is 0 Å². The summed E-state index contributed by atoms with van der Waals surface area (Å²) in [6.45, 7) is 0.393. The minimum atomic E-state index is -0.697. The van der Waals surface area contributed by atoms with Gasteiger partial charge in [0.2, 0.25) is 0 Å². The molecular weight excluding hydrogens is 302 g/mol. The Kier molecular flexibility index (Phi) is 6.55. The lowest BCUT2D eigenvalue weighted by Crippen LogP contribution is -2.39. The molecule has 0 unspecified atom stereocenters. The van der Waals surface area contributed by atoms with Crippen molar-refractivity contribution >= 4 is 12.1 Å². The minimum absolute atomic E-state index is 0.133. The molecule has 0 aliphatic heterocycles. The highest BCUT2D eigenvalue weighted by molar-refractivity contribution is 6.11. The Morgan fingerprint density at radius 1 is 1.33 bits per heavy atom. The summed E-state index contributed by atoms with van der Waals surface area (Å²) in [7, 11) is 0. The van der Waals surface area contributed by atoms with Crippen LogP contribution in [0.3, 0.4) is 0 Å². The second-order valence-electron chi connectivity index (χ2n) is 6.63. The lowest BCUT2D eigenvalue weighted by molar-refractivity contribution is -0.117. The highest BCUT2D eigenvalue weighted by Gasteiger charge is 2.32. The second kappa shape index (κ2) is 8.64. The Hall–Kier alpha value is -2.14. The molecule has 0 heterocycles. The minimum Gasteiger partial charge on any atom is -0.404 e. The Labute approximate surface area is 143 Å². The predicted molar refractivity (Wildman–Crippen MR) is 95.7 cm³/mol. The molecule has 5 N–H and O–H groups in total. The van der Waals surface area contributed by atoms with Gasteiger partial charge in [0.25, 0.3) is 5.91 Å². The Bertz CT molecular complexity index is 576. The van der Waals surface area contributed by atoms with Crippen molar-refractivity contribution in [2.45, 2.75) is 44.1 Å². The lowest BCUT2D eigenvalue weighted by atomic mass is 9.75. The zero-order valence-corrected chi connectivity index (χ0v) is 14.0. The molecular formula is C19H27N3O2. The largest absolute Gasteiger partial charge is 0.404 e. The molecule has 0 aromatic heterocycles. The molecule has 0 atom stereocenters. The van der Waals surface area contributed by atoms with Crippen LogP contribution in [0.25, 0.3) is 0 Å².